The lowest BCUT2D eigenvalue weighted by Crippen LogP contribution is -2.14. The number of rotatable bonds is 7. The second kappa shape index (κ2) is 6.75. The number of hydrogen-bond donors (Lipinski definition) is 1. The third kappa shape index (κ3) is 3.99. The van der Waals surface area contributed by atoms with Gasteiger partial charge in [-0.1, -0.05) is 37.3 Å². The lowest BCUT2D eigenvalue weighted by Gasteiger charge is -2.05. The smallest absolute Gasteiger partial charge is 0.00142 e. The first-order valence-corrected chi connectivity index (χ1v) is 7.29. The maximum absolute atomic E-state index is 3.42. The number of hydrogen-bond acceptors (Lipinski definition) is 1. The van der Waals surface area contributed by atoms with E-state index >= 15 is 0 Å². The fraction of sp³-hybridized carbons (Fsp3) is 0.529. The SMILES string of the molecule is CCCNCC/C=C\c1ccc(C)c(C2CC2)c1. The minimum absolute atomic E-state index is 0.851. The van der Waals surface area contributed by atoms with Gasteiger partial charge in [0.1, 0.15) is 0 Å². The van der Waals surface area contributed by atoms with Crippen molar-refractivity contribution in [3.63, 3.8) is 0 Å². The zero-order chi connectivity index (χ0) is 12.8. The Kier molecular flexibility index (Phi) is 5.00. The molecule has 1 aromatic rings. The topological polar surface area (TPSA) is 12.0 Å². The standard InChI is InChI=1S/C17H25N/c1-3-11-18-12-5-4-6-15-8-7-14(2)17(13-15)16-9-10-16/h4,6-8,13,16,18H,3,5,9-12H2,1-2H3/b6-4-. The van der Waals surface area contributed by atoms with Gasteiger partial charge in [-0.3, -0.25) is 0 Å². The van der Waals surface area contributed by atoms with Gasteiger partial charge >= 0.3 is 0 Å². The molecule has 2 rings (SSSR count). The molecule has 0 radical (unpaired) electrons. The predicted molar refractivity (Wildman–Crippen MR) is 80.0 cm³/mol. The van der Waals surface area contributed by atoms with E-state index in [1.807, 2.05) is 0 Å². The molecule has 0 amide bonds. The molecule has 0 atom stereocenters. The molecular formula is C17H25N. The van der Waals surface area contributed by atoms with Crippen LogP contribution in [0.5, 0.6) is 0 Å². The highest BCUT2D eigenvalue weighted by molar-refractivity contribution is 5.52. The van der Waals surface area contributed by atoms with Crippen LogP contribution in [0.25, 0.3) is 6.08 Å². The Bertz CT molecular complexity index is 402. The zero-order valence-electron chi connectivity index (χ0n) is 11.7. The van der Waals surface area contributed by atoms with Crippen LogP contribution in [-0.2, 0) is 0 Å². The van der Waals surface area contributed by atoms with E-state index in [0.717, 1.165) is 25.4 Å². The van der Waals surface area contributed by atoms with E-state index in [0.29, 0.717) is 0 Å². The second-order valence-corrected chi connectivity index (χ2v) is 5.33. The van der Waals surface area contributed by atoms with Gasteiger partial charge in [-0.2, -0.15) is 0 Å². The lowest BCUT2D eigenvalue weighted by molar-refractivity contribution is 0.679. The van der Waals surface area contributed by atoms with Crippen molar-refractivity contribution in [1.29, 1.82) is 0 Å². The van der Waals surface area contributed by atoms with Crippen molar-refractivity contribution in [3.8, 4) is 0 Å². The van der Waals surface area contributed by atoms with E-state index in [1.54, 1.807) is 5.56 Å². The van der Waals surface area contributed by atoms with Crippen molar-refractivity contribution in [2.45, 2.75) is 45.4 Å². The highest BCUT2D eigenvalue weighted by atomic mass is 14.8. The second-order valence-electron chi connectivity index (χ2n) is 5.33. The van der Waals surface area contributed by atoms with Gasteiger partial charge in [0.05, 0.1) is 0 Å². The van der Waals surface area contributed by atoms with Crippen LogP contribution >= 0.6 is 0 Å². The van der Waals surface area contributed by atoms with Gasteiger partial charge in [0.2, 0.25) is 0 Å². The number of aryl methyl sites for hydroxylation is 1. The van der Waals surface area contributed by atoms with Gasteiger partial charge in [0.15, 0.2) is 0 Å². The third-order valence-electron chi connectivity index (χ3n) is 3.55. The molecule has 1 fully saturated rings. The summed E-state index contributed by atoms with van der Waals surface area (Å²) < 4.78 is 0. The van der Waals surface area contributed by atoms with Gasteiger partial charge in [0, 0.05) is 0 Å². The molecule has 1 nitrogen and oxygen atoms in total. The van der Waals surface area contributed by atoms with Crippen LogP contribution in [0, 0.1) is 6.92 Å². The average molecular weight is 243 g/mol. The number of benzene rings is 1. The first-order chi connectivity index (χ1) is 8.81. The molecule has 1 heteroatoms. The summed E-state index contributed by atoms with van der Waals surface area (Å²) in [6.45, 7) is 6.65. The van der Waals surface area contributed by atoms with Crippen LogP contribution < -0.4 is 5.32 Å². The molecule has 1 N–H and O–H groups in total. The van der Waals surface area contributed by atoms with E-state index in [-0.39, 0.29) is 0 Å². The quantitative estimate of drug-likeness (QED) is 0.705. The monoisotopic (exact) mass is 243 g/mol. The largest absolute Gasteiger partial charge is 0.316 e. The highest BCUT2D eigenvalue weighted by Gasteiger charge is 2.24. The van der Waals surface area contributed by atoms with Crippen LogP contribution in [-0.4, -0.2) is 13.1 Å². The molecule has 0 aliphatic heterocycles. The zero-order valence-corrected chi connectivity index (χ0v) is 11.7. The average Bonchev–Trinajstić information content (AvgIpc) is 3.20. The first-order valence-electron chi connectivity index (χ1n) is 7.29. The van der Waals surface area contributed by atoms with Crippen molar-refractivity contribution in [1.82, 2.24) is 5.32 Å². The first kappa shape index (κ1) is 13.4. The summed E-state index contributed by atoms with van der Waals surface area (Å²) in [5, 5.41) is 3.42. The summed E-state index contributed by atoms with van der Waals surface area (Å²) in [6, 6.07) is 6.88. The maximum atomic E-state index is 3.42. The van der Waals surface area contributed by atoms with E-state index in [2.05, 4.69) is 49.5 Å². The summed E-state index contributed by atoms with van der Waals surface area (Å²) in [7, 11) is 0. The molecule has 0 unspecified atom stereocenters. The van der Waals surface area contributed by atoms with Crippen molar-refractivity contribution in [3.05, 3.63) is 41.0 Å². The van der Waals surface area contributed by atoms with Gasteiger partial charge in [0.25, 0.3) is 0 Å². The summed E-state index contributed by atoms with van der Waals surface area (Å²) in [5.74, 6) is 0.851. The molecule has 1 aliphatic rings. The van der Waals surface area contributed by atoms with Crippen LogP contribution in [0.1, 0.15) is 55.2 Å². The summed E-state index contributed by atoms with van der Waals surface area (Å²) in [5.41, 5.74) is 4.39. The summed E-state index contributed by atoms with van der Waals surface area (Å²) in [6.07, 6.45) is 9.64. The van der Waals surface area contributed by atoms with E-state index < -0.39 is 0 Å². The Balaban J connectivity index is 1.85. The number of nitrogens with one attached hydrogen (secondary N) is 1. The van der Waals surface area contributed by atoms with Gasteiger partial charge < -0.3 is 5.32 Å². The van der Waals surface area contributed by atoms with Crippen LogP contribution in [0.2, 0.25) is 0 Å². The minimum Gasteiger partial charge on any atom is -0.316 e. The third-order valence-corrected chi connectivity index (χ3v) is 3.55. The molecular weight excluding hydrogens is 218 g/mol. The lowest BCUT2D eigenvalue weighted by atomic mass is 10.0. The van der Waals surface area contributed by atoms with Crippen molar-refractivity contribution >= 4 is 6.08 Å². The summed E-state index contributed by atoms with van der Waals surface area (Å²) in [4.78, 5) is 0. The van der Waals surface area contributed by atoms with E-state index in [4.69, 9.17) is 0 Å². The minimum atomic E-state index is 0.851. The Labute approximate surface area is 111 Å². The predicted octanol–water partition coefficient (Wildman–Crippen LogP) is 4.28. The fourth-order valence-electron chi connectivity index (χ4n) is 2.30. The van der Waals surface area contributed by atoms with Crippen LogP contribution in [0.4, 0.5) is 0 Å². The molecule has 1 aromatic carbocycles. The molecule has 0 aromatic heterocycles. The molecule has 1 saturated carbocycles. The van der Waals surface area contributed by atoms with Crippen molar-refractivity contribution in [2.75, 3.05) is 13.1 Å². The fourth-order valence-corrected chi connectivity index (χ4v) is 2.30. The van der Waals surface area contributed by atoms with Gasteiger partial charge in [-0.25, -0.2) is 0 Å². The molecule has 0 bridgehead atoms. The van der Waals surface area contributed by atoms with Crippen LogP contribution in [0.3, 0.4) is 0 Å². The molecule has 0 saturated heterocycles. The molecule has 1 aliphatic carbocycles. The summed E-state index contributed by atoms with van der Waals surface area (Å²) >= 11 is 0. The Morgan fingerprint density at radius 3 is 2.83 bits per heavy atom. The van der Waals surface area contributed by atoms with Crippen LogP contribution in [0.15, 0.2) is 24.3 Å². The van der Waals surface area contributed by atoms with E-state index in [9.17, 15) is 0 Å². The molecule has 0 spiro atoms. The van der Waals surface area contributed by atoms with Crippen molar-refractivity contribution in [2.24, 2.45) is 0 Å². The van der Waals surface area contributed by atoms with E-state index in [1.165, 1.54) is 30.4 Å². The Morgan fingerprint density at radius 2 is 2.11 bits per heavy atom. The van der Waals surface area contributed by atoms with Crippen molar-refractivity contribution < 1.29 is 0 Å². The van der Waals surface area contributed by atoms with Gasteiger partial charge in [-0.05, 0) is 68.3 Å². The maximum Gasteiger partial charge on any atom is -0.00142 e. The Morgan fingerprint density at radius 1 is 1.28 bits per heavy atom. The van der Waals surface area contributed by atoms with Gasteiger partial charge in [-0.15, -0.1) is 0 Å². The Hall–Kier alpha value is -1.08. The normalized spacial score (nSPS) is 15.4. The molecule has 18 heavy (non-hydrogen) atoms. The highest BCUT2D eigenvalue weighted by Crippen LogP contribution is 2.41. The molecule has 0 heterocycles. The molecule has 98 valence electrons.